The number of likely N-dealkylation sites (tertiary alicyclic amines) is 1. The minimum absolute atomic E-state index is 0.0838. The van der Waals surface area contributed by atoms with Gasteiger partial charge in [0, 0.05) is 44.1 Å². The second-order valence-corrected chi connectivity index (χ2v) is 10.1. The summed E-state index contributed by atoms with van der Waals surface area (Å²) < 4.78 is 5.18. The van der Waals surface area contributed by atoms with Crippen LogP contribution in [0.2, 0.25) is 0 Å². The number of carbonyl (C=O) groups is 2. The van der Waals surface area contributed by atoms with Crippen LogP contribution in [-0.2, 0) is 9.53 Å². The first kappa shape index (κ1) is 26.8. The highest BCUT2D eigenvalue weighted by atomic mass is 16.6. The molecule has 2 N–H and O–H groups in total. The van der Waals surface area contributed by atoms with Crippen molar-refractivity contribution in [2.45, 2.75) is 45.3 Å². The molecular weight excluding hydrogens is 484 g/mol. The Labute approximate surface area is 222 Å². The normalized spacial score (nSPS) is 14.1. The van der Waals surface area contributed by atoms with Crippen LogP contribution in [0.5, 0.6) is 0 Å². The summed E-state index contributed by atoms with van der Waals surface area (Å²) in [7, 11) is 1.90. The number of piperidine rings is 1. The van der Waals surface area contributed by atoms with Crippen molar-refractivity contribution in [3.05, 3.63) is 54.9 Å². The van der Waals surface area contributed by atoms with Gasteiger partial charge in [0.1, 0.15) is 23.8 Å². The van der Waals surface area contributed by atoms with E-state index in [0.717, 1.165) is 24.2 Å². The third-order valence-electron chi connectivity index (χ3n) is 5.96. The molecule has 2 aromatic heterocycles. The number of benzene rings is 1. The van der Waals surface area contributed by atoms with Gasteiger partial charge in [-0.25, -0.2) is 19.7 Å². The van der Waals surface area contributed by atoms with Crippen molar-refractivity contribution in [1.82, 2.24) is 30.2 Å². The number of hydrogen-bond acceptors (Lipinski definition) is 9. The van der Waals surface area contributed by atoms with Gasteiger partial charge in [-0.2, -0.15) is 4.98 Å². The van der Waals surface area contributed by atoms with Gasteiger partial charge in [-0.15, -0.1) is 0 Å². The number of amides is 2. The van der Waals surface area contributed by atoms with Crippen molar-refractivity contribution in [1.29, 1.82) is 0 Å². The molecule has 1 aliphatic rings. The van der Waals surface area contributed by atoms with Crippen molar-refractivity contribution < 1.29 is 14.3 Å². The van der Waals surface area contributed by atoms with E-state index < -0.39 is 11.7 Å². The minimum atomic E-state index is -0.606. The second kappa shape index (κ2) is 11.8. The number of rotatable bonds is 7. The molecule has 0 radical (unpaired) electrons. The predicted molar refractivity (Wildman–Crippen MR) is 145 cm³/mol. The van der Waals surface area contributed by atoms with E-state index >= 15 is 0 Å². The van der Waals surface area contributed by atoms with E-state index in [1.54, 1.807) is 38.1 Å². The van der Waals surface area contributed by atoms with E-state index in [2.05, 4.69) is 25.6 Å². The Morgan fingerprint density at radius 2 is 1.66 bits per heavy atom. The van der Waals surface area contributed by atoms with Gasteiger partial charge in [-0.05, 0) is 45.7 Å². The summed E-state index contributed by atoms with van der Waals surface area (Å²) in [5.74, 6) is 2.44. The van der Waals surface area contributed by atoms with Gasteiger partial charge in [-0.1, -0.05) is 30.3 Å². The largest absolute Gasteiger partial charge is 0.444 e. The SMILES string of the molecule is CN(c1ccnc(NC2CCN(C(=O)CNC(=O)OC(C)(C)C)CC2)n1)c1ccnc(-c2ccccc2)n1. The molecular formula is C27H34N8O3. The minimum Gasteiger partial charge on any atom is -0.444 e. The van der Waals surface area contributed by atoms with Crippen molar-refractivity contribution in [3.8, 4) is 11.4 Å². The smallest absolute Gasteiger partial charge is 0.408 e. The Kier molecular flexibility index (Phi) is 8.35. The number of alkyl carbamates (subject to hydrolysis) is 1. The van der Waals surface area contributed by atoms with Gasteiger partial charge in [-0.3, -0.25) is 4.79 Å². The van der Waals surface area contributed by atoms with Gasteiger partial charge in [0.25, 0.3) is 0 Å². The summed E-state index contributed by atoms with van der Waals surface area (Å²) in [5.41, 5.74) is 0.337. The second-order valence-electron chi connectivity index (χ2n) is 10.1. The molecule has 0 atom stereocenters. The van der Waals surface area contributed by atoms with Crippen LogP contribution in [0.15, 0.2) is 54.9 Å². The van der Waals surface area contributed by atoms with E-state index in [9.17, 15) is 9.59 Å². The Hall–Kier alpha value is -4.28. The summed E-state index contributed by atoms with van der Waals surface area (Å²) in [6.07, 6.45) is 4.34. The average Bonchev–Trinajstić information content (AvgIpc) is 2.91. The fraction of sp³-hybridized carbons (Fsp3) is 0.407. The highest BCUT2D eigenvalue weighted by Crippen LogP contribution is 2.23. The Bertz CT molecular complexity index is 1240. The zero-order valence-corrected chi connectivity index (χ0v) is 22.2. The molecule has 4 rings (SSSR count). The number of carbonyl (C=O) groups excluding carboxylic acids is 2. The first-order valence-electron chi connectivity index (χ1n) is 12.6. The molecule has 0 saturated carbocycles. The number of nitrogens with zero attached hydrogens (tertiary/aromatic N) is 6. The summed E-state index contributed by atoms with van der Waals surface area (Å²) in [6, 6.07) is 13.6. The molecule has 38 heavy (non-hydrogen) atoms. The van der Waals surface area contributed by atoms with Crippen LogP contribution in [0, 0.1) is 0 Å². The maximum atomic E-state index is 12.5. The fourth-order valence-corrected chi connectivity index (χ4v) is 4.01. The zero-order chi connectivity index (χ0) is 27.1. The van der Waals surface area contributed by atoms with Crippen LogP contribution >= 0.6 is 0 Å². The van der Waals surface area contributed by atoms with E-state index in [0.29, 0.717) is 30.7 Å². The lowest BCUT2D eigenvalue weighted by molar-refractivity contribution is -0.131. The average molecular weight is 519 g/mol. The van der Waals surface area contributed by atoms with Crippen LogP contribution in [-0.4, -0.2) is 75.2 Å². The molecule has 200 valence electrons. The molecule has 0 bridgehead atoms. The van der Waals surface area contributed by atoms with E-state index in [1.165, 1.54) is 0 Å². The Morgan fingerprint density at radius 1 is 1.00 bits per heavy atom. The molecule has 1 fully saturated rings. The van der Waals surface area contributed by atoms with Crippen molar-refractivity contribution in [2.24, 2.45) is 0 Å². The highest BCUT2D eigenvalue weighted by molar-refractivity contribution is 5.82. The van der Waals surface area contributed by atoms with Crippen LogP contribution < -0.4 is 15.5 Å². The van der Waals surface area contributed by atoms with E-state index in [-0.39, 0.29) is 18.5 Å². The van der Waals surface area contributed by atoms with Crippen molar-refractivity contribution >= 4 is 29.6 Å². The molecule has 3 heterocycles. The number of nitrogens with one attached hydrogen (secondary N) is 2. The van der Waals surface area contributed by atoms with Crippen LogP contribution in [0.25, 0.3) is 11.4 Å². The standard InChI is InChI=1S/C27H34N8O3/c1-27(2,3)38-26(37)30-18-23(36)35-16-12-20(13-17-35)31-25-29-15-11-22(33-25)34(4)21-10-14-28-24(32-21)19-8-6-5-7-9-19/h5-11,14-15,20H,12-13,16-18H2,1-4H3,(H,30,37)(H,29,31,33). The highest BCUT2D eigenvalue weighted by Gasteiger charge is 2.24. The number of aromatic nitrogens is 4. The summed E-state index contributed by atoms with van der Waals surface area (Å²) >= 11 is 0. The lowest BCUT2D eigenvalue weighted by atomic mass is 10.1. The van der Waals surface area contributed by atoms with Gasteiger partial charge >= 0.3 is 6.09 Å². The van der Waals surface area contributed by atoms with Gasteiger partial charge in [0.05, 0.1) is 0 Å². The molecule has 1 saturated heterocycles. The first-order chi connectivity index (χ1) is 18.2. The molecule has 1 aliphatic heterocycles. The molecule has 2 amide bonds. The van der Waals surface area contributed by atoms with Gasteiger partial charge < -0.3 is 25.2 Å². The van der Waals surface area contributed by atoms with Crippen LogP contribution in [0.1, 0.15) is 33.6 Å². The topological polar surface area (TPSA) is 125 Å². The predicted octanol–water partition coefficient (Wildman–Crippen LogP) is 3.63. The Morgan fingerprint density at radius 3 is 2.34 bits per heavy atom. The van der Waals surface area contributed by atoms with Crippen molar-refractivity contribution in [3.63, 3.8) is 0 Å². The number of hydrogen-bond donors (Lipinski definition) is 2. The lowest BCUT2D eigenvalue weighted by Crippen LogP contribution is -2.47. The monoisotopic (exact) mass is 518 g/mol. The third-order valence-corrected chi connectivity index (χ3v) is 5.96. The Balaban J connectivity index is 1.30. The zero-order valence-electron chi connectivity index (χ0n) is 22.2. The van der Waals surface area contributed by atoms with E-state index in [4.69, 9.17) is 9.72 Å². The lowest BCUT2D eigenvalue weighted by Gasteiger charge is -2.32. The fourth-order valence-electron chi connectivity index (χ4n) is 4.01. The van der Waals surface area contributed by atoms with Crippen LogP contribution in [0.4, 0.5) is 22.4 Å². The molecule has 0 spiro atoms. The molecule has 0 aliphatic carbocycles. The molecule has 1 aromatic carbocycles. The van der Waals surface area contributed by atoms with E-state index in [1.807, 2.05) is 54.4 Å². The molecule has 11 nitrogen and oxygen atoms in total. The molecule has 11 heteroatoms. The third kappa shape index (κ3) is 7.37. The number of anilines is 3. The maximum absolute atomic E-state index is 12.5. The van der Waals surface area contributed by atoms with Crippen LogP contribution in [0.3, 0.4) is 0 Å². The van der Waals surface area contributed by atoms with Gasteiger partial charge in [0.2, 0.25) is 11.9 Å². The molecule has 0 unspecified atom stereocenters. The summed E-state index contributed by atoms with van der Waals surface area (Å²) in [5, 5.41) is 5.92. The van der Waals surface area contributed by atoms with Gasteiger partial charge in [0.15, 0.2) is 5.82 Å². The quantitative estimate of drug-likeness (QED) is 0.482. The maximum Gasteiger partial charge on any atom is 0.408 e. The summed E-state index contributed by atoms with van der Waals surface area (Å²) in [4.78, 5) is 46.1. The summed E-state index contributed by atoms with van der Waals surface area (Å²) in [6.45, 7) is 6.41. The molecule has 3 aromatic rings. The van der Waals surface area contributed by atoms with Crippen molar-refractivity contribution in [2.75, 3.05) is 36.9 Å². The number of ether oxygens (including phenoxy) is 1. The first-order valence-corrected chi connectivity index (χ1v) is 12.6.